The van der Waals surface area contributed by atoms with Crippen molar-refractivity contribution in [1.29, 1.82) is 0 Å². The van der Waals surface area contributed by atoms with Crippen LogP contribution in [0.2, 0.25) is 0 Å². The summed E-state index contributed by atoms with van der Waals surface area (Å²) >= 11 is 0. The zero-order valence-electron chi connectivity index (χ0n) is 11.1. The molecule has 3 heteroatoms. The Kier molecular flexibility index (Phi) is 4.36. The van der Waals surface area contributed by atoms with Gasteiger partial charge < -0.3 is 9.47 Å². The summed E-state index contributed by atoms with van der Waals surface area (Å²) in [5.74, 6) is -0.242. The summed E-state index contributed by atoms with van der Waals surface area (Å²) < 4.78 is 11.7. The van der Waals surface area contributed by atoms with Crippen molar-refractivity contribution in [2.75, 3.05) is 13.2 Å². The molecule has 0 spiro atoms. The first-order valence-corrected chi connectivity index (χ1v) is 6.76. The van der Waals surface area contributed by atoms with Crippen molar-refractivity contribution >= 4 is 5.78 Å². The van der Waals surface area contributed by atoms with Crippen molar-refractivity contribution in [3.05, 3.63) is 24.8 Å². The molecule has 0 unspecified atom stereocenters. The fourth-order valence-electron chi connectivity index (χ4n) is 3.16. The van der Waals surface area contributed by atoms with Crippen LogP contribution in [0.3, 0.4) is 0 Å². The van der Waals surface area contributed by atoms with Gasteiger partial charge in [-0.25, -0.2) is 0 Å². The summed E-state index contributed by atoms with van der Waals surface area (Å²) in [4.78, 5) is 12.2. The Morgan fingerprint density at radius 1 is 1.44 bits per heavy atom. The number of carbonyl (C=O) groups excluding carboxylic acids is 1. The lowest BCUT2D eigenvalue weighted by atomic mass is 9.83. The topological polar surface area (TPSA) is 35.5 Å². The molecule has 18 heavy (non-hydrogen) atoms. The second-order valence-corrected chi connectivity index (χ2v) is 5.05. The summed E-state index contributed by atoms with van der Waals surface area (Å²) in [6, 6.07) is 0. The molecule has 0 amide bonds. The highest BCUT2D eigenvalue weighted by atomic mass is 16.7. The molecule has 0 aromatic heterocycles. The van der Waals surface area contributed by atoms with Gasteiger partial charge in [0, 0.05) is 12.8 Å². The number of hydrogen-bond donors (Lipinski definition) is 0. The van der Waals surface area contributed by atoms with Crippen LogP contribution < -0.4 is 0 Å². The number of ketones is 1. The van der Waals surface area contributed by atoms with E-state index in [-0.39, 0.29) is 11.7 Å². The molecule has 1 saturated carbocycles. The molecule has 3 nitrogen and oxygen atoms in total. The summed E-state index contributed by atoms with van der Waals surface area (Å²) in [5, 5.41) is 0. The number of ether oxygens (including phenoxy) is 2. The maximum Gasteiger partial charge on any atom is 0.181 e. The Bertz CT molecular complexity index is 340. The smallest absolute Gasteiger partial charge is 0.181 e. The largest absolute Gasteiger partial charge is 0.346 e. The van der Waals surface area contributed by atoms with Crippen LogP contribution in [0.5, 0.6) is 0 Å². The Balaban J connectivity index is 2.22. The molecule has 1 aliphatic heterocycles. The molecule has 1 heterocycles. The third-order valence-corrected chi connectivity index (χ3v) is 3.94. The van der Waals surface area contributed by atoms with Crippen molar-refractivity contribution < 1.29 is 14.3 Å². The lowest BCUT2D eigenvalue weighted by Crippen LogP contribution is -2.44. The van der Waals surface area contributed by atoms with Gasteiger partial charge in [0.2, 0.25) is 0 Å². The molecule has 2 atom stereocenters. The third kappa shape index (κ3) is 2.43. The van der Waals surface area contributed by atoms with E-state index in [9.17, 15) is 4.79 Å². The highest BCUT2D eigenvalue weighted by molar-refractivity contribution is 5.84. The fourth-order valence-corrected chi connectivity index (χ4v) is 3.16. The molecule has 0 N–H and O–H groups in total. The molecule has 1 aliphatic carbocycles. The Labute approximate surface area is 109 Å². The van der Waals surface area contributed by atoms with E-state index in [0.717, 1.165) is 12.8 Å². The van der Waals surface area contributed by atoms with Gasteiger partial charge in [-0.3, -0.25) is 4.79 Å². The Morgan fingerprint density at radius 3 is 2.78 bits per heavy atom. The number of hydrogen-bond acceptors (Lipinski definition) is 3. The lowest BCUT2D eigenvalue weighted by Gasteiger charge is -2.35. The van der Waals surface area contributed by atoms with Crippen LogP contribution in [0, 0.1) is 11.8 Å². The summed E-state index contributed by atoms with van der Waals surface area (Å²) in [6.07, 6.45) is 9.01. The quantitative estimate of drug-likeness (QED) is 0.704. The first-order valence-electron chi connectivity index (χ1n) is 6.76. The molecule has 2 rings (SSSR count). The van der Waals surface area contributed by atoms with E-state index in [1.54, 1.807) is 0 Å². The van der Waals surface area contributed by atoms with Crippen molar-refractivity contribution in [2.24, 2.45) is 11.8 Å². The van der Waals surface area contributed by atoms with Crippen LogP contribution in [0.1, 0.15) is 32.6 Å². The minimum absolute atomic E-state index is 0.130. The number of Topliss-reactive ketones (excluding diaryl/α,β-unsaturated/α-hetero) is 1. The van der Waals surface area contributed by atoms with Gasteiger partial charge in [0.15, 0.2) is 5.79 Å². The van der Waals surface area contributed by atoms with E-state index < -0.39 is 5.79 Å². The van der Waals surface area contributed by atoms with E-state index in [1.807, 2.05) is 25.2 Å². The van der Waals surface area contributed by atoms with Crippen LogP contribution in [0.25, 0.3) is 0 Å². The van der Waals surface area contributed by atoms with Gasteiger partial charge in [-0.2, -0.15) is 0 Å². The monoisotopic (exact) mass is 250 g/mol. The number of rotatable bonds is 5. The normalized spacial score (nSPS) is 31.3. The fraction of sp³-hybridized carbons (Fsp3) is 0.667. The first-order chi connectivity index (χ1) is 8.73. The van der Waals surface area contributed by atoms with Crippen molar-refractivity contribution in [2.45, 2.75) is 38.4 Å². The van der Waals surface area contributed by atoms with Crippen LogP contribution >= 0.6 is 0 Å². The molecule has 0 aromatic rings. The lowest BCUT2D eigenvalue weighted by molar-refractivity contribution is -0.200. The average molecular weight is 250 g/mol. The zero-order valence-corrected chi connectivity index (χ0v) is 11.1. The van der Waals surface area contributed by atoms with Crippen LogP contribution in [-0.4, -0.2) is 24.8 Å². The molecule has 100 valence electrons. The zero-order chi connectivity index (χ0) is 13.0. The maximum atomic E-state index is 12.2. The Hall–Kier alpha value is -0.930. The van der Waals surface area contributed by atoms with Gasteiger partial charge in [0.1, 0.15) is 5.78 Å². The number of allylic oxidation sites excluding steroid dienone is 2. The molecule has 1 saturated heterocycles. The van der Waals surface area contributed by atoms with Gasteiger partial charge in [0.25, 0.3) is 0 Å². The summed E-state index contributed by atoms with van der Waals surface area (Å²) in [6.45, 7) is 6.93. The van der Waals surface area contributed by atoms with Gasteiger partial charge in [-0.05, 0) is 25.7 Å². The summed E-state index contributed by atoms with van der Waals surface area (Å²) in [5.41, 5.74) is 0. The highest BCUT2D eigenvalue weighted by Gasteiger charge is 2.52. The molecule has 0 aromatic carbocycles. The number of carbonyl (C=O) groups is 1. The molecular weight excluding hydrogens is 228 g/mol. The molecule has 2 fully saturated rings. The molecular formula is C15H22O3. The molecule has 0 radical (unpaired) electrons. The highest BCUT2D eigenvalue weighted by Crippen LogP contribution is 2.44. The van der Waals surface area contributed by atoms with Crippen LogP contribution in [0.4, 0.5) is 0 Å². The van der Waals surface area contributed by atoms with Gasteiger partial charge >= 0.3 is 0 Å². The maximum absolute atomic E-state index is 12.2. The van der Waals surface area contributed by atoms with Crippen LogP contribution in [0.15, 0.2) is 24.8 Å². The summed E-state index contributed by atoms with van der Waals surface area (Å²) in [7, 11) is 0. The standard InChI is InChI=1S/C15H22O3/c1-3-5-9-15(17-10-11-18-15)14-12(6-4-2)7-8-13(14)16/h3-5,12,14H,2,6-11H2,1H3/b5-3+/t12-,14+/m1/s1. The average Bonchev–Trinajstić information content (AvgIpc) is 2.96. The van der Waals surface area contributed by atoms with Crippen molar-refractivity contribution in [1.82, 2.24) is 0 Å². The minimum atomic E-state index is -0.715. The van der Waals surface area contributed by atoms with Crippen LogP contribution in [-0.2, 0) is 14.3 Å². The van der Waals surface area contributed by atoms with Crippen molar-refractivity contribution in [3.63, 3.8) is 0 Å². The van der Waals surface area contributed by atoms with E-state index in [2.05, 4.69) is 6.58 Å². The molecule has 0 bridgehead atoms. The van der Waals surface area contributed by atoms with Gasteiger partial charge in [-0.15, -0.1) is 6.58 Å². The van der Waals surface area contributed by atoms with Crippen molar-refractivity contribution in [3.8, 4) is 0 Å². The van der Waals surface area contributed by atoms with E-state index in [4.69, 9.17) is 9.47 Å². The second kappa shape index (κ2) is 5.81. The molecule has 2 aliphatic rings. The van der Waals surface area contributed by atoms with E-state index in [0.29, 0.717) is 32.0 Å². The van der Waals surface area contributed by atoms with E-state index in [1.165, 1.54) is 0 Å². The third-order valence-electron chi connectivity index (χ3n) is 3.94. The SMILES string of the molecule is C=CC[C@@H]1CCC(=O)[C@H]1C1(C/C=C/C)OCCO1. The van der Waals surface area contributed by atoms with E-state index >= 15 is 0 Å². The predicted molar refractivity (Wildman–Crippen MR) is 70.1 cm³/mol. The first kappa shape index (κ1) is 13.5. The second-order valence-electron chi connectivity index (χ2n) is 5.05. The Morgan fingerprint density at radius 2 is 2.17 bits per heavy atom. The predicted octanol–water partition coefficient (Wildman–Crippen LogP) is 2.87. The van der Waals surface area contributed by atoms with Gasteiger partial charge in [0.05, 0.1) is 19.1 Å². The van der Waals surface area contributed by atoms with Gasteiger partial charge in [-0.1, -0.05) is 18.2 Å². The minimum Gasteiger partial charge on any atom is -0.346 e.